The summed E-state index contributed by atoms with van der Waals surface area (Å²) in [6.07, 6.45) is 0.366. The minimum Gasteiger partial charge on any atom is -0.468 e. The van der Waals surface area contributed by atoms with Crippen molar-refractivity contribution in [2.45, 2.75) is 25.0 Å². The number of carbonyl (C=O) groups is 1. The van der Waals surface area contributed by atoms with Gasteiger partial charge in [0.15, 0.2) is 0 Å². The van der Waals surface area contributed by atoms with Crippen LogP contribution < -0.4 is 0 Å². The number of hydrogen-bond acceptors (Lipinski definition) is 4. The summed E-state index contributed by atoms with van der Waals surface area (Å²) in [6.45, 7) is 0.752. The minimum absolute atomic E-state index is 0.0296. The maximum atomic E-state index is 13.6. The number of nitrogens with zero attached hydrogens (tertiary/aromatic N) is 1. The number of aliphatic hydroxyl groups excluding tert-OH is 1. The Bertz CT molecular complexity index is 495. The van der Waals surface area contributed by atoms with Gasteiger partial charge in [0.05, 0.1) is 13.2 Å². The van der Waals surface area contributed by atoms with E-state index < -0.39 is 23.8 Å². The van der Waals surface area contributed by atoms with Crippen molar-refractivity contribution in [2.24, 2.45) is 0 Å². The Hall–Kier alpha value is -1.53. The van der Waals surface area contributed by atoms with Crippen molar-refractivity contribution < 1.29 is 23.4 Å². The Morgan fingerprint density at radius 2 is 2.30 bits per heavy atom. The summed E-state index contributed by atoms with van der Waals surface area (Å²) >= 11 is 0. The normalized spacial score (nSPS) is 20.9. The van der Waals surface area contributed by atoms with E-state index in [1.807, 2.05) is 0 Å². The number of rotatable bonds is 4. The molecule has 0 radical (unpaired) electrons. The van der Waals surface area contributed by atoms with Gasteiger partial charge in [-0.2, -0.15) is 0 Å². The first kappa shape index (κ1) is 14.9. The molecule has 1 heterocycles. The fourth-order valence-corrected chi connectivity index (χ4v) is 2.54. The second-order valence-corrected chi connectivity index (χ2v) is 4.86. The Kier molecular flexibility index (Phi) is 4.67. The van der Waals surface area contributed by atoms with Gasteiger partial charge in [-0.15, -0.1) is 0 Å². The summed E-state index contributed by atoms with van der Waals surface area (Å²) in [5, 5.41) is 10.1. The van der Waals surface area contributed by atoms with Crippen molar-refractivity contribution in [2.75, 3.05) is 20.2 Å². The van der Waals surface area contributed by atoms with Crippen LogP contribution in [0.25, 0.3) is 0 Å². The molecule has 2 unspecified atom stereocenters. The van der Waals surface area contributed by atoms with E-state index >= 15 is 0 Å². The van der Waals surface area contributed by atoms with E-state index in [2.05, 4.69) is 0 Å². The highest BCUT2D eigenvalue weighted by atomic mass is 19.1. The quantitative estimate of drug-likeness (QED) is 0.854. The van der Waals surface area contributed by atoms with Crippen LogP contribution in [0.2, 0.25) is 0 Å². The van der Waals surface area contributed by atoms with Crippen LogP contribution in [-0.4, -0.2) is 42.2 Å². The van der Waals surface area contributed by atoms with Crippen LogP contribution in [0, 0.1) is 11.6 Å². The van der Waals surface area contributed by atoms with Gasteiger partial charge in [-0.05, 0) is 25.5 Å². The van der Waals surface area contributed by atoms with Gasteiger partial charge in [-0.1, -0.05) is 6.07 Å². The first-order valence-corrected chi connectivity index (χ1v) is 6.48. The Balaban J connectivity index is 2.07. The van der Waals surface area contributed by atoms with Gasteiger partial charge in [0.25, 0.3) is 0 Å². The number of halogens is 2. The third-order valence-corrected chi connectivity index (χ3v) is 3.57. The van der Waals surface area contributed by atoms with Gasteiger partial charge >= 0.3 is 5.97 Å². The monoisotopic (exact) mass is 285 g/mol. The van der Waals surface area contributed by atoms with Crippen molar-refractivity contribution >= 4 is 5.97 Å². The molecule has 2 atom stereocenters. The van der Waals surface area contributed by atoms with Gasteiger partial charge in [-0.3, -0.25) is 9.69 Å². The number of β-amino-alcohol motifs (C(OH)–C–C–N with tert-alkyl or cyclic N) is 1. The van der Waals surface area contributed by atoms with Crippen LogP contribution in [0.4, 0.5) is 8.78 Å². The van der Waals surface area contributed by atoms with Crippen LogP contribution in [0.15, 0.2) is 18.2 Å². The standard InChI is InChI=1S/C14H17F2NO3/c1-20-14(19)12-3-2-6-17(12)8-13(18)10-5-4-9(15)7-11(10)16/h4-5,7,12-13,18H,2-3,6,8H2,1H3. The third kappa shape index (κ3) is 3.13. The lowest BCUT2D eigenvalue weighted by molar-refractivity contribution is -0.146. The van der Waals surface area contributed by atoms with Crippen molar-refractivity contribution in [3.63, 3.8) is 0 Å². The van der Waals surface area contributed by atoms with E-state index in [1.165, 1.54) is 13.2 Å². The molecule has 1 aromatic carbocycles. The summed E-state index contributed by atoms with van der Waals surface area (Å²) in [7, 11) is 1.31. The highest BCUT2D eigenvalue weighted by Gasteiger charge is 2.33. The maximum absolute atomic E-state index is 13.6. The van der Waals surface area contributed by atoms with Crippen LogP contribution in [0.3, 0.4) is 0 Å². The number of carbonyl (C=O) groups excluding carboxylic acids is 1. The molecule has 0 spiro atoms. The highest BCUT2D eigenvalue weighted by molar-refractivity contribution is 5.75. The zero-order valence-corrected chi connectivity index (χ0v) is 11.2. The molecule has 0 aromatic heterocycles. The molecule has 6 heteroatoms. The molecule has 1 aliphatic heterocycles. The molecule has 1 aliphatic rings. The lowest BCUT2D eigenvalue weighted by atomic mass is 10.1. The van der Waals surface area contributed by atoms with Crippen molar-refractivity contribution in [1.82, 2.24) is 4.90 Å². The average Bonchev–Trinajstić information content (AvgIpc) is 2.85. The SMILES string of the molecule is COC(=O)C1CCCN1CC(O)c1ccc(F)cc1F. The van der Waals surface area contributed by atoms with Crippen molar-refractivity contribution in [3.8, 4) is 0 Å². The zero-order chi connectivity index (χ0) is 14.7. The molecule has 110 valence electrons. The molecular weight excluding hydrogens is 268 g/mol. The molecule has 0 amide bonds. The Labute approximate surface area is 116 Å². The van der Waals surface area contributed by atoms with Gasteiger partial charge in [0.1, 0.15) is 17.7 Å². The second-order valence-electron chi connectivity index (χ2n) is 4.86. The molecular formula is C14H17F2NO3. The smallest absolute Gasteiger partial charge is 0.323 e. The van der Waals surface area contributed by atoms with Crippen LogP contribution >= 0.6 is 0 Å². The van der Waals surface area contributed by atoms with Crippen LogP contribution in [0.5, 0.6) is 0 Å². The highest BCUT2D eigenvalue weighted by Crippen LogP contribution is 2.24. The molecule has 20 heavy (non-hydrogen) atoms. The molecule has 1 fully saturated rings. The van der Waals surface area contributed by atoms with Crippen LogP contribution in [0.1, 0.15) is 24.5 Å². The summed E-state index contributed by atoms with van der Waals surface area (Å²) in [5.41, 5.74) is 0.0296. The predicted octanol–water partition coefficient (Wildman–Crippen LogP) is 1.64. The third-order valence-electron chi connectivity index (χ3n) is 3.57. The Morgan fingerprint density at radius 3 is 2.95 bits per heavy atom. The predicted molar refractivity (Wildman–Crippen MR) is 67.9 cm³/mol. The number of methoxy groups -OCH3 is 1. The summed E-state index contributed by atoms with van der Waals surface area (Å²) in [5.74, 6) is -1.83. The van der Waals surface area contributed by atoms with E-state index in [4.69, 9.17) is 4.74 Å². The molecule has 1 aromatic rings. The Morgan fingerprint density at radius 1 is 1.55 bits per heavy atom. The summed E-state index contributed by atoms with van der Waals surface area (Å²) in [4.78, 5) is 13.3. The van der Waals surface area contributed by atoms with Gasteiger partial charge in [0, 0.05) is 18.2 Å². The zero-order valence-electron chi connectivity index (χ0n) is 11.2. The largest absolute Gasteiger partial charge is 0.468 e. The van der Waals surface area contributed by atoms with E-state index in [-0.39, 0.29) is 18.1 Å². The van der Waals surface area contributed by atoms with Crippen LogP contribution in [-0.2, 0) is 9.53 Å². The van der Waals surface area contributed by atoms with Crippen molar-refractivity contribution in [3.05, 3.63) is 35.4 Å². The molecule has 0 saturated carbocycles. The molecule has 2 rings (SSSR count). The maximum Gasteiger partial charge on any atom is 0.323 e. The van der Waals surface area contributed by atoms with E-state index in [0.29, 0.717) is 13.0 Å². The van der Waals surface area contributed by atoms with Gasteiger partial charge in [-0.25, -0.2) is 8.78 Å². The molecule has 1 N–H and O–H groups in total. The topological polar surface area (TPSA) is 49.8 Å². The van der Waals surface area contributed by atoms with E-state index in [0.717, 1.165) is 18.6 Å². The van der Waals surface area contributed by atoms with Crippen molar-refractivity contribution in [1.29, 1.82) is 0 Å². The average molecular weight is 285 g/mol. The van der Waals surface area contributed by atoms with Gasteiger partial charge < -0.3 is 9.84 Å². The van der Waals surface area contributed by atoms with E-state index in [9.17, 15) is 18.7 Å². The lowest BCUT2D eigenvalue weighted by Crippen LogP contribution is -2.39. The molecule has 4 nitrogen and oxygen atoms in total. The first-order valence-electron chi connectivity index (χ1n) is 6.48. The number of likely N-dealkylation sites (tertiary alicyclic amines) is 1. The second kappa shape index (κ2) is 6.28. The molecule has 0 aliphatic carbocycles. The van der Waals surface area contributed by atoms with Gasteiger partial charge in [0.2, 0.25) is 0 Å². The lowest BCUT2D eigenvalue weighted by Gasteiger charge is -2.25. The molecule has 1 saturated heterocycles. The summed E-state index contributed by atoms with van der Waals surface area (Å²) in [6, 6.07) is 2.65. The number of ether oxygens (including phenoxy) is 1. The number of benzene rings is 1. The summed E-state index contributed by atoms with van der Waals surface area (Å²) < 4.78 is 31.1. The van der Waals surface area contributed by atoms with E-state index in [1.54, 1.807) is 4.90 Å². The number of esters is 1. The number of aliphatic hydroxyl groups is 1. The fourth-order valence-electron chi connectivity index (χ4n) is 2.54. The first-order chi connectivity index (χ1) is 9.52. The molecule has 0 bridgehead atoms. The fraction of sp³-hybridized carbons (Fsp3) is 0.500. The minimum atomic E-state index is -1.11. The number of hydrogen-bond donors (Lipinski definition) is 1.